The molecule has 0 amide bonds. The van der Waals surface area contributed by atoms with Crippen LogP contribution in [0.1, 0.15) is 43.2 Å². The highest BCUT2D eigenvalue weighted by molar-refractivity contribution is 5.25. The normalized spacial score (nSPS) is 43.7. The maximum Gasteiger partial charge on any atom is 0.0229 e. The van der Waals surface area contributed by atoms with Crippen molar-refractivity contribution in [1.82, 2.24) is 0 Å². The fourth-order valence-corrected chi connectivity index (χ4v) is 5.60. The first-order chi connectivity index (χ1) is 9.16. The van der Waals surface area contributed by atoms with Gasteiger partial charge in [-0.25, -0.2) is 0 Å². The summed E-state index contributed by atoms with van der Waals surface area (Å²) in [6.45, 7) is 2.16. The third-order valence-corrected chi connectivity index (χ3v) is 6.34. The van der Waals surface area contributed by atoms with E-state index in [1.807, 2.05) is 0 Å². The van der Waals surface area contributed by atoms with Crippen LogP contribution in [0.4, 0.5) is 0 Å². The van der Waals surface area contributed by atoms with Gasteiger partial charge in [0.25, 0.3) is 0 Å². The first-order valence-electron chi connectivity index (χ1n) is 8.00. The van der Waals surface area contributed by atoms with Crippen LogP contribution in [-0.2, 0) is 6.42 Å². The monoisotopic (exact) mass is 255 g/mol. The van der Waals surface area contributed by atoms with Crippen LogP contribution >= 0.6 is 0 Å². The van der Waals surface area contributed by atoms with Crippen molar-refractivity contribution in [2.45, 2.75) is 51.0 Å². The van der Waals surface area contributed by atoms with E-state index in [1.54, 1.807) is 0 Å². The topological polar surface area (TPSA) is 26.0 Å². The SMILES string of the molecule is Cc1ccc(CC2(N)CC3CC2C2CCCC32)cc1. The predicted octanol–water partition coefficient (Wildman–Crippen LogP) is 3.69. The fourth-order valence-electron chi connectivity index (χ4n) is 5.60. The molecule has 0 aromatic heterocycles. The Morgan fingerprint density at radius 2 is 1.89 bits per heavy atom. The van der Waals surface area contributed by atoms with E-state index in [2.05, 4.69) is 31.2 Å². The van der Waals surface area contributed by atoms with Gasteiger partial charge in [-0.15, -0.1) is 0 Å². The third kappa shape index (κ3) is 1.78. The minimum atomic E-state index is 0.103. The molecule has 1 heteroatoms. The Balaban J connectivity index is 1.56. The number of rotatable bonds is 2. The van der Waals surface area contributed by atoms with Gasteiger partial charge in [-0.05, 0) is 68.3 Å². The molecule has 0 heterocycles. The molecule has 4 rings (SSSR count). The molecular formula is C18H25N. The van der Waals surface area contributed by atoms with E-state index < -0.39 is 0 Å². The van der Waals surface area contributed by atoms with Crippen molar-refractivity contribution in [3.63, 3.8) is 0 Å². The Bertz CT molecular complexity index is 477. The smallest absolute Gasteiger partial charge is 0.0229 e. The van der Waals surface area contributed by atoms with Gasteiger partial charge in [0.15, 0.2) is 0 Å². The molecule has 2 bridgehead atoms. The van der Waals surface area contributed by atoms with Crippen molar-refractivity contribution in [2.24, 2.45) is 29.4 Å². The van der Waals surface area contributed by atoms with E-state index in [0.717, 1.165) is 30.1 Å². The van der Waals surface area contributed by atoms with E-state index in [-0.39, 0.29) is 5.54 Å². The van der Waals surface area contributed by atoms with Gasteiger partial charge >= 0.3 is 0 Å². The molecule has 0 aliphatic heterocycles. The van der Waals surface area contributed by atoms with E-state index in [4.69, 9.17) is 5.73 Å². The zero-order chi connectivity index (χ0) is 13.0. The molecule has 3 fully saturated rings. The molecule has 3 aliphatic rings. The first-order valence-corrected chi connectivity index (χ1v) is 8.00. The maximum absolute atomic E-state index is 6.87. The van der Waals surface area contributed by atoms with Gasteiger partial charge in [0, 0.05) is 5.54 Å². The average Bonchev–Trinajstić information content (AvgIpc) is 3.02. The van der Waals surface area contributed by atoms with Crippen molar-refractivity contribution < 1.29 is 0 Å². The summed E-state index contributed by atoms with van der Waals surface area (Å²) >= 11 is 0. The minimum absolute atomic E-state index is 0.103. The Morgan fingerprint density at radius 1 is 1.16 bits per heavy atom. The van der Waals surface area contributed by atoms with Crippen LogP contribution in [0.5, 0.6) is 0 Å². The zero-order valence-corrected chi connectivity index (χ0v) is 11.9. The molecule has 2 N–H and O–H groups in total. The fraction of sp³-hybridized carbons (Fsp3) is 0.667. The number of hydrogen-bond donors (Lipinski definition) is 1. The Morgan fingerprint density at radius 3 is 2.68 bits per heavy atom. The number of aryl methyl sites for hydroxylation is 1. The summed E-state index contributed by atoms with van der Waals surface area (Å²) in [4.78, 5) is 0. The number of hydrogen-bond acceptors (Lipinski definition) is 1. The second-order valence-corrected chi connectivity index (χ2v) is 7.46. The van der Waals surface area contributed by atoms with E-state index in [9.17, 15) is 0 Å². The summed E-state index contributed by atoms with van der Waals surface area (Å²) in [6, 6.07) is 9.01. The van der Waals surface area contributed by atoms with Crippen LogP contribution in [0.3, 0.4) is 0 Å². The summed E-state index contributed by atoms with van der Waals surface area (Å²) < 4.78 is 0. The molecule has 1 aromatic rings. The summed E-state index contributed by atoms with van der Waals surface area (Å²) in [6.07, 6.45) is 8.22. The minimum Gasteiger partial charge on any atom is -0.325 e. The maximum atomic E-state index is 6.87. The molecule has 1 nitrogen and oxygen atoms in total. The van der Waals surface area contributed by atoms with Gasteiger partial charge in [-0.3, -0.25) is 0 Å². The van der Waals surface area contributed by atoms with Crippen LogP contribution in [0, 0.1) is 30.6 Å². The Hall–Kier alpha value is -0.820. The van der Waals surface area contributed by atoms with Crippen LogP contribution in [-0.4, -0.2) is 5.54 Å². The number of nitrogens with two attached hydrogens (primary N) is 1. The summed E-state index contributed by atoms with van der Waals surface area (Å²) in [7, 11) is 0. The van der Waals surface area contributed by atoms with Crippen molar-refractivity contribution in [3.05, 3.63) is 35.4 Å². The second-order valence-electron chi connectivity index (χ2n) is 7.46. The van der Waals surface area contributed by atoms with Crippen molar-refractivity contribution in [3.8, 4) is 0 Å². The molecule has 1 aromatic carbocycles. The lowest BCUT2D eigenvalue weighted by Crippen LogP contribution is -2.50. The predicted molar refractivity (Wildman–Crippen MR) is 78.8 cm³/mol. The lowest BCUT2D eigenvalue weighted by molar-refractivity contribution is 0.156. The molecular weight excluding hydrogens is 230 g/mol. The largest absolute Gasteiger partial charge is 0.325 e. The lowest BCUT2D eigenvalue weighted by atomic mass is 9.69. The lowest BCUT2D eigenvalue weighted by Gasteiger charge is -2.40. The van der Waals surface area contributed by atoms with Gasteiger partial charge in [-0.1, -0.05) is 36.2 Å². The van der Waals surface area contributed by atoms with Crippen LogP contribution < -0.4 is 5.73 Å². The van der Waals surface area contributed by atoms with Gasteiger partial charge in [0.1, 0.15) is 0 Å². The molecule has 5 unspecified atom stereocenters. The highest BCUT2D eigenvalue weighted by Gasteiger charge is 2.58. The first kappa shape index (κ1) is 12.0. The van der Waals surface area contributed by atoms with Gasteiger partial charge in [0.05, 0.1) is 0 Å². The molecule has 0 spiro atoms. The standard InChI is InChI=1S/C18H25N/c1-12-5-7-13(8-6-12)10-18(19)11-14-9-17(18)16-4-2-3-15(14)16/h5-8,14-17H,2-4,9-11,19H2,1H3. The number of benzene rings is 1. The molecule has 0 radical (unpaired) electrons. The Kier molecular flexibility index (Phi) is 2.57. The molecule has 3 saturated carbocycles. The Labute approximate surface area is 116 Å². The third-order valence-electron chi connectivity index (χ3n) is 6.34. The molecule has 3 aliphatic carbocycles. The highest BCUT2D eigenvalue weighted by Crippen LogP contribution is 2.62. The summed E-state index contributed by atoms with van der Waals surface area (Å²) in [5.74, 6) is 3.77. The van der Waals surface area contributed by atoms with Crippen molar-refractivity contribution in [2.75, 3.05) is 0 Å². The summed E-state index contributed by atoms with van der Waals surface area (Å²) in [5, 5.41) is 0. The molecule has 5 atom stereocenters. The van der Waals surface area contributed by atoms with E-state index >= 15 is 0 Å². The van der Waals surface area contributed by atoms with Crippen molar-refractivity contribution in [1.29, 1.82) is 0 Å². The number of fused-ring (bicyclic) bond motifs is 5. The van der Waals surface area contributed by atoms with Gasteiger partial charge in [-0.2, -0.15) is 0 Å². The molecule has 19 heavy (non-hydrogen) atoms. The summed E-state index contributed by atoms with van der Waals surface area (Å²) in [5.41, 5.74) is 9.76. The van der Waals surface area contributed by atoms with Crippen LogP contribution in [0.2, 0.25) is 0 Å². The van der Waals surface area contributed by atoms with E-state index in [1.165, 1.54) is 43.2 Å². The molecule has 0 saturated heterocycles. The highest BCUT2D eigenvalue weighted by atomic mass is 14.8. The van der Waals surface area contributed by atoms with Crippen LogP contribution in [0.25, 0.3) is 0 Å². The van der Waals surface area contributed by atoms with Gasteiger partial charge < -0.3 is 5.73 Å². The van der Waals surface area contributed by atoms with Crippen LogP contribution in [0.15, 0.2) is 24.3 Å². The molecule has 102 valence electrons. The average molecular weight is 255 g/mol. The van der Waals surface area contributed by atoms with E-state index in [0.29, 0.717) is 0 Å². The second kappa shape index (κ2) is 4.09. The quantitative estimate of drug-likeness (QED) is 0.857. The van der Waals surface area contributed by atoms with Gasteiger partial charge in [0.2, 0.25) is 0 Å². The zero-order valence-electron chi connectivity index (χ0n) is 11.9. The van der Waals surface area contributed by atoms with Crippen molar-refractivity contribution >= 4 is 0 Å².